The standard InChI is InChI=1S/C16H10O/c1-3-7-13-11(5-1)10-16-14(13)9-12-6-2-4-8-15(12)17-16/h1-10H. The first-order chi connectivity index (χ1) is 8.42. The van der Waals surface area contributed by atoms with Crippen molar-refractivity contribution >= 4 is 21.7 Å². The van der Waals surface area contributed by atoms with Crippen LogP contribution in [0.25, 0.3) is 33.1 Å². The topological polar surface area (TPSA) is 13.1 Å². The van der Waals surface area contributed by atoms with Crippen molar-refractivity contribution in [3.05, 3.63) is 60.7 Å². The average Bonchev–Trinajstić information content (AvgIpc) is 2.73. The number of fused-ring (bicyclic) bond motifs is 4. The van der Waals surface area contributed by atoms with Crippen LogP contribution in [0.2, 0.25) is 0 Å². The van der Waals surface area contributed by atoms with Crippen LogP contribution in [0.15, 0.2) is 65.1 Å². The summed E-state index contributed by atoms with van der Waals surface area (Å²) in [5.74, 6) is 0.963. The Balaban J connectivity index is 2.25. The Morgan fingerprint density at radius 1 is 0.706 bits per heavy atom. The maximum atomic E-state index is 5.93. The van der Waals surface area contributed by atoms with Crippen LogP contribution in [-0.2, 0) is 0 Å². The number of rotatable bonds is 0. The Kier molecular flexibility index (Phi) is 1.61. The molecule has 0 saturated heterocycles. The van der Waals surface area contributed by atoms with Crippen LogP contribution < -0.4 is 0 Å². The van der Waals surface area contributed by atoms with Gasteiger partial charge in [-0.3, -0.25) is 0 Å². The molecule has 2 aliphatic rings. The Morgan fingerprint density at radius 3 is 2.41 bits per heavy atom. The molecule has 0 fully saturated rings. The molecule has 0 saturated carbocycles. The Hall–Kier alpha value is -2.28. The van der Waals surface area contributed by atoms with Gasteiger partial charge in [0.2, 0.25) is 0 Å². The van der Waals surface area contributed by atoms with E-state index in [9.17, 15) is 0 Å². The highest BCUT2D eigenvalue weighted by Gasteiger charge is 2.12. The van der Waals surface area contributed by atoms with Gasteiger partial charge in [-0.15, -0.1) is 0 Å². The second-order valence-corrected chi connectivity index (χ2v) is 4.29. The lowest BCUT2D eigenvalue weighted by Crippen LogP contribution is -1.77. The van der Waals surface area contributed by atoms with E-state index in [1.54, 1.807) is 0 Å². The lowest BCUT2D eigenvalue weighted by molar-refractivity contribution is 0.622. The third-order valence-electron chi connectivity index (χ3n) is 3.24. The molecular formula is C16H10O. The molecule has 17 heavy (non-hydrogen) atoms. The van der Waals surface area contributed by atoms with Gasteiger partial charge < -0.3 is 4.42 Å². The molecule has 80 valence electrons. The fraction of sp³-hybridized carbons (Fsp3) is 0. The summed E-state index contributed by atoms with van der Waals surface area (Å²) in [7, 11) is 0. The first kappa shape index (κ1) is 8.82. The molecule has 0 amide bonds. The fourth-order valence-electron chi connectivity index (χ4n) is 2.42. The molecule has 0 N–H and O–H groups in total. The van der Waals surface area contributed by atoms with Gasteiger partial charge >= 0.3 is 0 Å². The molecule has 1 nitrogen and oxygen atoms in total. The fourth-order valence-corrected chi connectivity index (χ4v) is 2.42. The van der Waals surface area contributed by atoms with Crippen molar-refractivity contribution < 1.29 is 4.42 Å². The van der Waals surface area contributed by atoms with E-state index in [4.69, 9.17) is 4.42 Å². The van der Waals surface area contributed by atoms with Gasteiger partial charge in [0.15, 0.2) is 0 Å². The third-order valence-corrected chi connectivity index (χ3v) is 3.24. The Bertz CT molecular complexity index is 789. The molecule has 1 heterocycles. The second kappa shape index (κ2) is 3.11. The van der Waals surface area contributed by atoms with Crippen molar-refractivity contribution in [2.45, 2.75) is 0 Å². The minimum Gasteiger partial charge on any atom is -0.456 e. The normalized spacial score (nSPS) is 11.5. The summed E-state index contributed by atoms with van der Waals surface area (Å²) < 4.78 is 5.93. The predicted molar refractivity (Wildman–Crippen MR) is 70.3 cm³/mol. The van der Waals surface area contributed by atoms with Gasteiger partial charge in [0, 0.05) is 10.9 Å². The second-order valence-electron chi connectivity index (χ2n) is 4.29. The molecular weight excluding hydrogens is 208 g/mol. The molecule has 4 rings (SSSR count). The number of hydrogen-bond acceptors (Lipinski definition) is 1. The maximum absolute atomic E-state index is 5.93. The minimum absolute atomic E-state index is 0.940. The molecule has 0 aromatic heterocycles. The molecule has 0 spiro atoms. The van der Waals surface area contributed by atoms with Crippen LogP contribution >= 0.6 is 0 Å². The largest absolute Gasteiger partial charge is 0.456 e. The van der Waals surface area contributed by atoms with Crippen LogP contribution in [0.3, 0.4) is 0 Å². The van der Waals surface area contributed by atoms with Gasteiger partial charge in [0.1, 0.15) is 11.3 Å². The minimum atomic E-state index is 0.940. The summed E-state index contributed by atoms with van der Waals surface area (Å²) in [6, 6.07) is 20.8. The summed E-state index contributed by atoms with van der Waals surface area (Å²) in [6.45, 7) is 0. The number of hydrogen-bond donors (Lipinski definition) is 0. The van der Waals surface area contributed by atoms with Gasteiger partial charge in [-0.2, -0.15) is 0 Å². The number of benzene rings is 2. The zero-order valence-corrected chi connectivity index (χ0v) is 9.18. The van der Waals surface area contributed by atoms with Crippen LogP contribution in [0.4, 0.5) is 0 Å². The van der Waals surface area contributed by atoms with Crippen LogP contribution in [-0.4, -0.2) is 0 Å². The molecule has 2 aromatic carbocycles. The lowest BCUT2D eigenvalue weighted by Gasteiger charge is -2.02. The molecule has 1 aliphatic heterocycles. The molecule has 2 aromatic rings. The highest BCUT2D eigenvalue weighted by Crippen LogP contribution is 2.36. The quantitative estimate of drug-likeness (QED) is 0.417. The smallest absolute Gasteiger partial charge is 0.135 e. The maximum Gasteiger partial charge on any atom is 0.135 e. The SMILES string of the molecule is c1ccc2oc3cc4ccccc4c-3cc2c1. The molecule has 0 bridgehead atoms. The van der Waals surface area contributed by atoms with E-state index in [0.717, 1.165) is 16.7 Å². The van der Waals surface area contributed by atoms with Crippen molar-refractivity contribution in [1.82, 2.24) is 0 Å². The molecule has 0 radical (unpaired) electrons. The summed E-state index contributed by atoms with van der Waals surface area (Å²) in [5, 5.41) is 3.65. The van der Waals surface area contributed by atoms with Crippen molar-refractivity contribution in [2.24, 2.45) is 0 Å². The van der Waals surface area contributed by atoms with E-state index in [2.05, 4.69) is 42.5 Å². The van der Waals surface area contributed by atoms with Crippen molar-refractivity contribution in [2.75, 3.05) is 0 Å². The van der Waals surface area contributed by atoms with Gasteiger partial charge in [0.05, 0.1) is 0 Å². The summed E-state index contributed by atoms with van der Waals surface area (Å²) >= 11 is 0. The van der Waals surface area contributed by atoms with Crippen LogP contribution in [0.1, 0.15) is 0 Å². The van der Waals surface area contributed by atoms with Gasteiger partial charge in [-0.05, 0) is 29.0 Å². The zero-order chi connectivity index (χ0) is 11.2. The van der Waals surface area contributed by atoms with Crippen LogP contribution in [0, 0.1) is 0 Å². The van der Waals surface area contributed by atoms with Crippen LogP contribution in [0.5, 0.6) is 0 Å². The van der Waals surface area contributed by atoms with E-state index < -0.39 is 0 Å². The van der Waals surface area contributed by atoms with E-state index >= 15 is 0 Å². The third kappa shape index (κ3) is 1.19. The first-order valence-electron chi connectivity index (χ1n) is 5.72. The highest BCUT2D eigenvalue weighted by molar-refractivity contribution is 6.03. The Morgan fingerprint density at radius 2 is 1.47 bits per heavy atom. The van der Waals surface area contributed by atoms with Gasteiger partial charge in [0.25, 0.3) is 0 Å². The zero-order valence-electron chi connectivity index (χ0n) is 9.18. The number of para-hydroxylation sites is 1. The molecule has 0 unspecified atom stereocenters. The first-order valence-corrected chi connectivity index (χ1v) is 5.72. The summed E-state index contributed by atoms with van der Waals surface area (Å²) in [6.07, 6.45) is 0. The van der Waals surface area contributed by atoms with E-state index in [1.165, 1.54) is 16.3 Å². The molecule has 1 aliphatic carbocycles. The van der Waals surface area contributed by atoms with E-state index in [-0.39, 0.29) is 0 Å². The molecule has 1 heteroatoms. The van der Waals surface area contributed by atoms with Crippen molar-refractivity contribution in [3.8, 4) is 11.3 Å². The molecule has 0 atom stereocenters. The summed E-state index contributed by atoms with van der Waals surface area (Å²) in [4.78, 5) is 0. The predicted octanol–water partition coefficient (Wildman–Crippen LogP) is 4.69. The monoisotopic (exact) mass is 218 g/mol. The van der Waals surface area contributed by atoms with Gasteiger partial charge in [-0.25, -0.2) is 0 Å². The van der Waals surface area contributed by atoms with Crippen molar-refractivity contribution in [1.29, 1.82) is 0 Å². The van der Waals surface area contributed by atoms with E-state index in [1.807, 2.05) is 18.2 Å². The lowest BCUT2D eigenvalue weighted by atomic mass is 10.1. The average molecular weight is 218 g/mol. The highest BCUT2D eigenvalue weighted by atomic mass is 16.3. The van der Waals surface area contributed by atoms with E-state index in [0.29, 0.717) is 0 Å². The Labute approximate surface area is 98.6 Å². The summed E-state index contributed by atoms with van der Waals surface area (Å²) in [5.41, 5.74) is 2.13. The van der Waals surface area contributed by atoms with Gasteiger partial charge in [-0.1, -0.05) is 42.5 Å². The van der Waals surface area contributed by atoms with Crippen molar-refractivity contribution in [3.63, 3.8) is 0 Å².